The number of rotatable bonds is 2. The standard InChI is InChI=1S/C26H20/c1-3-14-23-19(8-1)10-6-16-25(23)21-12-5-13-22(18-21)26-17-7-11-20-9-2-4-15-24(20)26/h1-4,6-12,14-18H,5,13H2. The van der Waals surface area contributed by atoms with E-state index in [1.807, 2.05) is 0 Å². The Kier molecular flexibility index (Phi) is 3.68. The Balaban J connectivity index is 1.66. The lowest BCUT2D eigenvalue weighted by molar-refractivity contribution is 1.06. The first kappa shape index (κ1) is 15.2. The lowest BCUT2D eigenvalue weighted by Crippen LogP contribution is -1.95. The molecule has 1 aliphatic rings. The zero-order valence-electron chi connectivity index (χ0n) is 14.7. The fraction of sp³-hybridized carbons (Fsp3) is 0.0769. The van der Waals surface area contributed by atoms with Gasteiger partial charge in [-0.1, -0.05) is 97.1 Å². The molecule has 5 rings (SSSR count). The molecule has 0 amide bonds. The summed E-state index contributed by atoms with van der Waals surface area (Å²) in [5, 5.41) is 5.29. The van der Waals surface area contributed by atoms with E-state index >= 15 is 0 Å². The van der Waals surface area contributed by atoms with E-state index < -0.39 is 0 Å². The van der Waals surface area contributed by atoms with Crippen LogP contribution in [0.25, 0.3) is 32.7 Å². The zero-order valence-corrected chi connectivity index (χ0v) is 14.7. The fourth-order valence-electron chi connectivity index (χ4n) is 4.08. The van der Waals surface area contributed by atoms with Gasteiger partial charge < -0.3 is 0 Å². The molecule has 0 atom stereocenters. The first-order valence-electron chi connectivity index (χ1n) is 9.27. The molecule has 0 unspecified atom stereocenters. The molecule has 4 aromatic carbocycles. The van der Waals surface area contributed by atoms with Crippen molar-refractivity contribution in [1.82, 2.24) is 0 Å². The molecule has 0 heteroatoms. The molecule has 0 saturated carbocycles. The average Bonchev–Trinajstić information content (AvgIpc) is 2.73. The van der Waals surface area contributed by atoms with E-state index in [2.05, 4.69) is 97.1 Å². The van der Waals surface area contributed by atoms with Crippen molar-refractivity contribution in [3.05, 3.63) is 108 Å². The molecule has 0 N–H and O–H groups in total. The second kappa shape index (κ2) is 6.31. The van der Waals surface area contributed by atoms with E-state index in [-0.39, 0.29) is 0 Å². The summed E-state index contributed by atoms with van der Waals surface area (Å²) in [4.78, 5) is 0. The van der Waals surface area contributed by atoms with Gasteiger partial charge in [-0.3, -0.25) is 0 Å². The Morgan fingerprint density at radius 3 is 1.85 bits per heavy atom. The molecule has 1 aliphatic carbocycles. The Bertz CT molecular complexity index is 1160. The number of hydrogen-bond donors (Lipinski definition) is 0. The molecular formula is C26H20. The summed E-state index contributed by atoms with van der Waals surface area (Å²) in [6.07, 6.45) is 6.97. The largest absolute Gasteiger partial charge is 0.0763 e. The van der Waals surface area contributed by atoms with Crippen LogP contribution in [0.5, 0.6) is 0 Å². The Morgan fingerprint density at radius 2 is 1.12 bits per heavy atom. The van der Waals surface area contributed by atoms with E-state index in [1.165, 1.54) is 43.8 Å². The maximum atomic E-state index is 2.40. The van der Waals surface area contributed by atoms with Crippen LogP contribution in [-0.2, 0) is 0 Å². The molecule has 0 heterocycles. The van der Waals surface area contributed by atoms with Crippen molar-refractivity contribution in [3.8, 4) is 0 Å². The van der Waals surface area contributed by atoms with Gasteiger partial charge in [0, 0.05) is 0 Å². The third-order valence-corrected chi connectivity index (χ3v) is 5.34. The van der Waals surface area contributed by atoms with Gasteiger partial charge >= 0.3 is 0 Å². The number of hydrogen-bond acceptors (Lipinski definition) is 0. The predicted molar refractivity (Wildman–Crippen MR) is 113 cm³/mol. The van der Waals surface area contributed by atoms with Crippen molar-refractivity contribution < 1.29 is 0 Å². The topological polar surface area (TPSA) is 0 Å². The molecule has 0 aromatic heterocycles. The SMILES string of the molecule is C1=C(c2cccc3ccccc23)C=C(c2cccc3ccccc23)CC1. The zero-order chi connectivity index (χ0) is 17.3. The van der Waals surface area contributed by atoms with Crippen molar-refractivity contribution in [2.24, 2.45) is 0 Å². The Morgan fingerprint density at radius 1 is 0.538 bits per heavy atom. The molecule has 4 aromatic rings. The number of fused-ring (bicyclic) bond motifs is 2. The first-order valence-corrected chi connectivity index (χ1v) is 9.27. The number of benzene rings is 4. The highest BCUT2D eigenvalue weighted by atomic mass is 14.2. The summed E-state index contributed by atoms with van der Waals surface area (Å²) >= 11 is 0. The Hall–Kier alpha value is -3.12. The summed E-state index contributed by atoms with van der Waals surface area (Å²) in [5.74, 6) is 0. The summed E-state index contributed by atoms with van der Waals surface area (Å²) < 4.78 is 0. The third-order valence-electron chi connectivity index (χ3n) is 5.34. The van der Waals surface area contributed by atoms with Gasteiger partial charge in [0.25, 0.3) is 0 Å². The van der Waals surface area contributed by atoms with Gasteiger partial charge in [-0.2, -0.15) is 0 Å². The third kappa shape index (κ3) is 2.55. The van der Waals surface area contributed by atoms with E-state index in [0.717, 1.165) is 12.8 Å². The lowest BCUT2D eigenvalue weighted by Gasteiger charge is -2.17. The summed E-state index contributed by atoms with van der Waals surface area (Å²) in [5.41, 5.74) is 5.48. The van der Waals surface area contributed by atoms with Gasteiger partial charge in [0.15, 0.2) is 0 Å². The van der Waals surface area contributed by atoms with Gasteiger partial charge in [-0.05, 0) is 56.7 Å². The highest BCUT2D eigenvalue weighted by Gasteiger charge is 2.13. The van der Waals surface area contributed by atoms with E-state index in [9.17, 15) is 0 Å². The summed E-state index contributed by atoms with van der Waals surface area (Å²) in [7, 11) is 0. The van der Waals surface area contributed by atoms with Crippen molar-refractivity contribution in [2.45, 2.75) is 12.8 Å². The van der Waals surface area contributed by atoms with Gasteiger partial charge in [0.2, 0.25) is 0 Å². The normalized spacial score (nSPS) is 14.3. The van der Waals surface area contributed by atoms with Crippen molar-refractivity contribution in [1.29, 1.82) is 0 Å². The molecule has 26 heavy (non-hydrogen) atoms. The van der Waals surface area contributed by atoms with Crippen LogP contribution in [0, 0.1) is 0 Å². The van der Waals surface area contributed by atoms with Crippen LogP contribution in [0.15, 0.2) is 97.1 Å². The van der Waals surface area contributed by atoms with Crippen LogP contribution < -0.4 is 0 Å². The van der Waals surface area contributed by atoms with Crippen LogP contribution >= 0.6 is 0 Å². The summed E-state index contributed by atoms with van der Waals surface area (Å²) in [6.45, 7) is 0. The molecule has 0 fully saturated rings. The van der Waals surface area contributed by atoms with Crippen molar-refractivity contribution in [2.75, 3.05) is 0 Å². The average molecular weight is 332 g/mol. The van der Waals surface area contributed by atoms with Gasteiger partial charge in [0.1, 0.15) is 0 Å². The van der Waals surface area contributed by atoms with E-state index in [4.69, 9.17) is 0 Å². The lowest BCUT2D eigenvalue weighted by atomic mass is 9.87. The molecule has 0 aliphatic heterocycles. The van der Waals surface area contributed by atoms with Gasteiger partial charge in [-0.15, -0.1) is 0 Å². The molecule has 0 nitrogen and oxygen atoms in total. The first-order chi connectivity index (χ1) is 12.9. The molecule has 0 radical (unpaired) electrons. The van der Waals surface area contributed by atoms with Crippen LogP contribution in [0.3, 0.4) is 0 Å². The minimum atomic E-state index is 1.09. The smallest absolute Gasteiger partial charge is 0.0106 e. The monoisotopic (exact) mass is 332 g/mol. The van der Waals surface area contributed by atoms with Gasteiger partial charge in [-0.25, -0.2) is 0 Å². The molecular weight excluding hydrogens is 312 g/mol. The highest BCUT2D eigenvalue weighted by Crippen LogP contribution is 2.36. The van der Waals surface area contributed by atoms with E-state index in [1.54, 1.807) is 0 Å². The molecule has 0 spiro atoms. The Labute approximate surface area is 154 Å². The van der Waals surface area contributed by atoms with Crippen molar-refractivity contribution in [3.63, 3.8) is 0 Å². The molecule has 0 saturated heterocycles. The predicted octanol–water partition coefficient (Wildman–Crippen LogP) is 7.25. The minimum Gasteiger partial charge on any atom is -0.0763 e. The van der Waals surface area contributed by atoms with E-state index in [0.29, 0.717) is 0 Å². The second-order valence-corrected chi connectivity index (χ2v) is 6.92. The quantitative estimate of drug-likeness (QED) is 0.362. The maximum Gasteiger partial charge on any atom is -0.0106 e. The van der Waals surface area contributed by atoms with Crippen molar-refractivity contribution >= 4 is 32.7 Å². The van der Waals surface area contributed by atoms with Crippen LogP contribution in [0.4, 0.5) is 0 Å². The van der Waals surface area contributed by atoms with Crippen LogP contribution in [0.2, 0.25) is 0 Å². The minimum absolute atomic E-state index is 1.09. The van der Waals surface area contributed by atoms with Gasteiger partial charge in [0.05, 0.1) is 0 Å². The summed E-state index contributed by atoms with van der Waals surface area (Å²) in [6, 6.07) is 30.6. The number of allylic oxidation sites excluding steroid dienone is 4. The highest BCUT2D eigenvalue weighted by molar-refractivity contribution is 6.01. The molecule has 0 bridgehead atoms. The van der Waals surface area contributed by atoms with Crippen LogP contribution in [0.1, 0.15) is 24.0 Å². The maximum absolute atomic E-state index is 2.40. The second-order valence-electron chi connectivity index (χ2n) is 6.92. The fourth-order valence-corrected chi connectivity index (χ4v) is 4.08. The molecule has 124 valence electrons. The van der Waals surface area contributed by atoms with Crippen LogP contribution in [-0.4, -0.2) is 0 Å².